The maximum absolute atomic E-state index is 11.2. The fraction of sp³-hybridized carbons (Fsp3) is 0.333. The minimum absolute atomic E-state index is 0.0957. The molecule has 0 fully saturated rings. The van der Waals surface area contributed by atoms with Gasteiger partial charge in [0.1, 0.15) is 5.78 Å². The van der Waals surface area contributed by atoms with Crippen molar-refractivity contribution in [3.8, 4) is 0 Å². The zero-order valence-corrected chi connectivity index (χ0v) is 8.23. The molecule has 0 unspecified atom stereocenters. The molecule has 6 nitrogen and oxygen atoms in total. The minimum Gasteiger partial charge on any atom is -0.299 e. The van der Waals surface area contributed by atoms with Gasteiger partial charge in [-0.15, -0.1) is 0 Å². The summed E-state index contributed by atoms with van der Waals surface area (Å²) in [6.45, 7) is 1.80. The molecule has 0 spiro atoms. The number of rotatable bonds is 3. The van der Waals surface area contributed by atoms with Crippen LogP contribution in [0.15, 0.2) is 16.9 Å². The molecule has 0 aliphatic carbocycles. The van der Waals surface area contributed by atoms with Crippen molar-refractivity contribution in [3.63, 3.8) is 0 Å². The number of nitrogens with zero attached hydrogens (tertiary/aromatic N) is 3. The van der Waals surface area contributed by atoms with Gasteiger partial charge in [-0.2, -0.15) is 14.7 Å². The smallest absolute Gasteiger partial charge is 0.299 e. The van der Waals surface area contributed by atoms with Gasteiger partial charge in [0.25, 0.3) is 0 Å². The molecular weight excluding hydrogens is 196 g/mol. The molecule has 0 aliphatic heterocycles. The summed E-state index contributed by atoms with van der Waals surface area (Å²) >= 11 is 0. The number of H-pyrrole nitrogens is 1. The second kappa shape index (κ2) is 3.64. The van der Waals surface area contributed by atoms with Crippen molar-refractivity contribution in [2.45, 2.75) is 19.8 Å². The van der Waals surface area contributed by atoms with Crippen LogP contribution < -0.4 is 5.69 Å². The summed E-state index contributed by atoms with van der Waals surface area (Å²) in [4.78, 5) is 22.4. The van der Waals surface area contributed by atoms with Crippen molar-refractivity contribution >= 4 is 11.4 Å². The van der Waals surface area contributed by atoms with E-state index in [0.29, 0.717) is 17.8 Å². The number of ketones is 1. The Balaban J connectivity index is 2.41. The molecule has 6 heteroatoms. The lowest BCUT2D eigenvalue weighted by molar-refractivity contribution is -0.118. The Hall–Kier alpha value is -1.98. The van der Waals surface area contributed by atoms with Crippen molar-refractivity contribution in [3.05, 3.63) is 28.3 Å². The third kappa shape index (κ3) is 1.78. The Morgan fingerprint density at radius 2 is 2.33 bits per heavy atom. The normalized spacial score (nSPS) is 10.7. The standard InChI is InChI=1S/C9H10N4O2/c1-2-7(14)5-6-3-4-8-10-11-9(15)13(8)12-6/h3-4H,2,5H2,1H3,(H,11,15). The molecule has 0 atom stereocenters. The lowest BCUT2D eigenvalue weighted by Gasteiger charge is -1.97. The van der Waals surface area contributed by atoms with Gasteiger partial charge in [0.05, 0.1) is 12.1 Å². The molecule has 2 aromatic rings. The topological polar surface area (TPSA) is 80.1 Å². The molecule has 0 bridgehead atoms. The Morgan fingerprint density at radius 3 is 3.07 bits per heavy atom. The summed E-state index contributed by atoms with van der Waals surface area (Å²) in [6, 6.07) is 3.35. The third-order valence-corrected chi connectivity index (χ3v) is 2.10. The number of carbonyl (C=O) groups is 1. The molecule has 2 heterocycles. The van der Waals surface area contributed by atoms with E-state index >= 15 is 0 Å². The van der Waals surface area contributed by atoms with Gasteiger partial charge in [-0.05, 0) is 12.1 Å². The highest BCUT2D eigenvalue weighted by atomic mass is 16.2. The first-order chi connectivity index (χ1) is 7.20. The molecule has 0 radical (unpaired) electrons. The van der Waals surface area contributed by atoms with Gasteiger partial charge in [0.15, 0.2) is 5.65 Å². The predicted molar refractivity (Wildman–Crippen MR) is 52.6 cm³/mol. The predicted octanol–water partition coefficient (Wildman–Crippen LogP) is -0.0608. The van der Waals surface area contributed by atoms with E-state index in [4.69, 9.17) is 0 Å². The van der Waals surface area contributed by atoms with E-state index in [1.165, 1.54) is 0 Å². The number of fused-ring (bicyclic) bond motifs is 1. The van der Waals surface area contributed by atoms with Crippen molar-refractivity contribution in [1.82, 2.24) is 19.8 Å². The molecular formula is C9H10N4O2. The van der Waals surface area contributed by atoms with E-state index in [9.17, 15) is 9.59 Å². The average molecular weight is 206 g/mol. The van der Waals surface area contributed by atoms with E-state index in [-0.39, 0.29) is 12.2 Å². The van der Waals surface area contributed by atoms with Crippen LogP contribution in [0.2, 0.25) is 0 Å². The summed E-state index contributed by atoms with van der Waals surface area (Å²) in [7, 11) is 0. The number of aromatic amines is 1. The Bertz CT molecular complexity index is 554. The molecule has 1 N–H and O–H groups in total. The molecule has 0 aliphatic rings. The summed E-state index contributed by atoms with van der Waals surface area (Å²) in [6.07, 6.45) is 0.726. The van der Waals surface area contributed by atoms with E-state index in [2.05, 4.69) is 15.3 Å². The van der Waals surface area contributed by atoms with Crippen molar-refractivity contribution in [2.24, 2.45) is 0 Å². The van der Waals surface area contributed by atoms with Crippen molar-refractivity contribution in [1.29, 1.82) is 0 Å². The highest BCUT2D eigenvalue weighted by molar-refractivity contribution is 5.80. The first kappa shape index (κ1) is 9.57. The molecule has 0 amide bonds. The molecule has 78 valence electrons. The third-order valence-electron chi connectivity index (χ3n) is 2.10. The Morgan fingerprint density at radius 1 is 1.53 bits per heavy atom. The zero-order valence-electron chi connectivity index (χ0n) is 8.23. The number of hydrogen-bond donors (Lipinski definition) is 1. The summed E-state index contributed by atoms with van der Waals surface area (Å²) < 4.78 is 1.15. The Kier molecular flexibility index (Phi) is 2.32. The number of aromatic nitrogens is 4. The minimum atomic E-state index is -0.393. The van der Waals surface area contributed by atoms with E-state index in [1.54, 1.807) is 19.1 Å². The number of hydrogen-bond acceptors (Lipinski definition) is 4. The second-order valence-electron chi connectivity index (χ2n) is 3.19. The van der Waals surface area contributed by atoms with Crippen LogP contribution in [0, 0.1) is 0 Å². The SMILES string of the molecule is CCC(=O)Cc1ccc2n[nH]c(=O)n2n1. The number of carbonyl (C=O) groups excluding carboxylic acids is 1. The lowest BCUT2D eigenvalue weighted by atomic mass is 10.2. The van der Waals surface area contributed by atoms with Crippen LogP contribution in [-0.2, 0) is 11.2 Å². The fourth-order valence-corrected chi connectivity index (χ4v) is 1.26. The first-order valence-electron chi connectivity index (χ1n) is 4.65. The monoisotopic (exact) mass is 206 g/mol. The van der Waals surface area contributed by atoms with Crippen LogP contribution in [-0.4, -0.2) is 25.6 Å². The first-order valence-corrected chi connectivity index (χ1v) is 4.65. The van der Waals surface area contributed by atoms with Crippen molar-refractivity contribution < 1.29 is 4.79 Å². The average Bonchev–Trinajstić information content (AvgIpc) is 2.60. The van der Waals surface area contributed by atoms with Gasteiger partial charge in [0, 0.05) is 6.42 Å². The van der Waals surface area contributed by atoms with Gasteiger partial charge in [-0.1, -0.05) is 6.92 Å². The van der Waals surface area contributed by atoms with E-state index in [0.717, 1.165) is 4.52 Å². The fourth-order valence-electron chi connectivity index (χ4n) is 1.26. The van der Waals surface area contributed by atoms with Crippen LogP contribution in [0.25, 0.3) is 5.65 Å². The van der Waals surface area contributed by atoms with Gasteiger partial charge in [-0.25, -0.2) is 9.89 Å². The molecule has 0 saturated heterocycles. The molecule has 2 aromatic heterocycles. The summed E-state index contributed by atoms with van der Waals surface area (Å²) in [5.74, 6) is 0.0957. The number of nitrogens with one attached hydrogen (secondary N) is 1. The lowest BCUT2D eigenvalue weighted by Crippen LogP contribution is -2.14. The van der Waals surface area contributed by atoms with Gasteiger partial charge < -0.3 is 0 Å². The second-order valence-corrected chi connectivity index (χ2v) is 3.19. The van der Waals surface area contributed by atoms with Crippen LogP contribution in [0.4, 0.5) is 0 Å². The Labute approximate surface area is 84.9 Å². The zero-order chi connectivity index (χ0) is 10.8. The highest BCUT2D eigenvalue weighted by Crippen LogP contribution is 2.00. The maximum atomic E-state index is 11.2. The van der Waals surface area contributed by atoms with Gasteiger partial charge in [-0.3, -0.25) is 4.79 Å². The quantitative estimate of drug-likeness (QED) is 0.762. The van der Waals surface area contributed by atoms with Crippen LogP contribution >= 0.6 is 0 Å². The molecule has 2 rings (SSSR count). The summed E-state index contributed by atoms with van der Waals surface area (Å²) in [5, 5.41) is 10.0. The van der Waals surface area contributed by atoms with E-state index in [1.807, 2.05) is 0 Å². The van der Waals surface area contributed by atoms with Gasteiger partial charge >= 0.3 is 5.69 Å². The number of Topliss-reactive ketones (excluding diaryl/α,β-unsaturated/α-hetero) is 1. The van der Waals surface area contributed by atoms with Crippen molar-refractivity contribution in [2.75, 3.05) is 0 Å². The maximum Gasteiger partial charge on any atom is 0.364 e. The largest absolute Gasteiger partial charge is 0.364 e. The molecule has 15 heavy (non-hydrogen) atoms. The van der Waals surface area contributed by atoms with Gasteiger partial charge in [0.2, 0.25) is 0 Å². The highest BCUT2D eigenvalue weighted by Gasteiger charge is 2.05. The summed E-state index contributed by atoms with van der Waals surface area (Å²) in [5.41, 5.74) is 0.640. The van der Waals surface area contributed by atoms with Crippen LogP contribution in [0.1, 0.15) is 19.0 Å². The van der Waals surface area contributed by atoms with E-state index < -0.39 is 5.69 Å². The van der Waals surface area contributed by atoms with Crippen LogP contribution in [0.5, 0.6) is 0 Å². The molecule has 0 aromatic carbocycles. The molecule has 0 saturated carbocycles. The van der Waals surface area contributed by atoms with Crippen LogP contribution in [0.3, 0.4) is 0 Å².